The molecule has 3 amide bonds. The monoisotopic (exact) mass is 431 g/mol. The number of carbonyl (C=O) groups excluding carboxylic acids is 3. The summed E-state index contributed by atoms with van der Waals surface area (Å²) in [6.45, 7) is 2.58. The quantitative estimate of drug-likeness (QED) is 0.742. The maximum atomic E-state index is 13.5. The van der Waals surface area contributed by atoms with Crippen molar-refractivity contribution >= 4 is 23.4 Å². The van der Waals surface area contributed by atoms with Crippen LogP contribution in [0.1, 0.15) is 64.8 Å². The summed E-state index contributed by atoms with van der Waals surface area (Å²) in [6, 6.07) is 14.6. The molecule has 0 aliphatic carbocycles. The van der Waals surface area contributed by atoms with Crippen LogP contribution in [0, 0.1) is 0 Å². The van der Waals surface area contributed by atoms with Gasteiger partial charge in [-0.25, -0.2) is 0 Å². The first-order chi connectivity index (χ1) is 15.6. The van der Waals surface area contributed by atoms with Crippen LogP contribution >= 0.6 is 0 Å². The van der Waals surface area contributed by atoms with E-state index in [1.54, 1.807) is 15.9 Å². The summed E-state index contributed by atoms with van der Waals surface area (Å²) in [6.07, 6.45) is 6.00. The molecule has 0 N–H and O–H groups in total. The molecule has 3 heterocycles. The van der Waals surface area contributed by atoms with Crippen LogP contribution in [-0.2, 0) is 11.3 Å². The van der Waals surface area contributed by atoms with Crippen LogP contribution in [0.3, 0.4) is 0 Å². The van der Waals surface area contributed by atoms with E-state index < -0.39 is 6.04 Å². The molecule has 3 aliphatic heterocycles. The van der Waals surface area contributed by atoms with Gasteiger partial charge in [-0.05, 0) is 55.5 Å². The van der Waals surface area contributed by atoms with Gasteiger partial charge in [0.15, 0.2) is 0 Å². The van der Waals surface area contributed by atoms with Crippen molar-refractivity contribution in [2.45, 2.75) is 51.1 Å². The first-order valence-electron chi connectivity index (χ1n) is 11.7. The number of likely N-dealkylation sites (tertiary alicyclic amines) is 1. The SMILES string of the molecule is O=C(c1cccc(CN2C(=O)[C@H]3CCCN3C(=O)c3ccccc32)c1)N1CCCCCC1. The molecule has 0 aromatic heterocycles. The van der Waals surface area contributed by atoms with E-state index in [0.29, 0.717) is 36.3 Å². The predicted molar refractivity (Wildman–Crippen MR) is 123 cm³/mol. The van der Waals surface area contributed by atoms with E-state index in [1.807, 2.05) is 47.4 Å². The summed E-state index contributed by atoms with van der Waals surface area (Å²) < 4.78 is 0. The van der Waals surface area contributed by atoms with Crippen LogP contribution in [0.5, 0.6) is 0 Å². The molecule has 5 rings (SSSR count). The lowest BCUT2D eigenvalue weighted by Crippen LogP contribution is -2.44. The first kappa shape index (κ1) is 20.7. The van der Waals surface area contributed by atoms with Crippen molar-refractivity contribution in [1.29, 1.82) is 0 Å². The Hall–Kier alpha value is -3.15. The molecule has 3 aliphatic rings. The molecule has 32 heavy (non-hydrogen) atoms. The number of fused-ring (bicyclic) bond motifs is 2. The topological polar surface area (TPSA) is 60.9 Å². The minimum atomic E-state index is -0.406. The zero-order valence-electron chi connectivity index (χ0n) is 18.3. The predicted octanol–water partition coefficient (Wildman–Crippen LogP) is 3.85. The summed E-state index contributed by atoms with van der Waals surface area (Å²) in [5.74, 6) is -0.0393. The van der Waals surface area contributed by atoms with Crippen LogP contribution in [-0.4, -0.2) is 53.2 Å². The lowest BCUT2D eigenvalue weighted by molar-refractivity contribution is -0.122. The number of amides is 3. The van der Waals surface area contributed by atoms with Crippen LogP contribution in [0.4, 0.5) is 5.69 Å². The molecular weight excluding hydrogens is 402 g/mol. The molecule has 0 bridgehead atoms. The fourth-order valence-corrected chi connectivity index (χ4v) is 5.21. The average molecular weight is 432 g/mol. The third-order valence-electron chi connectivity index (χ3n) is 6.90. The zero-order chi connectivity index (χ0) is 22.1. The Kier molecular flexibility index (Phi) is 5.68. The van der Waals surface area contributed by atoms with E-state index in [9.17, 15) is 14.4 Å². The minimum Gasteiger partial charge on any atom is -0.339 e. The number of benzene rings is 2. The van der Waals surface area contributed by atoms with Gasteiger partial charge in [-0.1, -0.05) is 37.1 Å². The van der Waals surface area contributed by atoms with E-state index >= 15 is 0 Å². The van der Waals surface area contributed by atoms with Crippen LogP contribution in [0.15, 0.2) is 48.5 Å². The molecule has 0 spiro atoms. The molecule has 2 saturated heterocycles. The second-order valence-electron chi connectivity index (χ2n) is 9.00. The van der Waals surface area contributed by atoms with Gasteiger partial charge in [-0.3, -0.25) is 14.4 Å². The Bertz CT molecular complexity index is 1040. The van der Waals surface area contributed by atoms with Gasteiger partial charge in [0.1, 0.15) is 6.04 Å². The Balaban J connectivity index is 1.44. The van der Waals surface area contributed by atoms with Crippen molar-refractivity contribution in [1.82, 2.24) is 9.80 Å². The second kappa shape index (κ2) is 8.77. The molecule has 0 unspecified atom stereocenters. The second-order valence-corrected chi connectivity index (χ2v) is 9.00. The van der Waals surface area contributed by atoms with Gasteiger partial charge >= 0.3 is 0 Å². The van der Waals surface area contributed by atoms with Gasteiger partial charge in [-0.2, -0.15) is 0 Å². The fourth-order valence-electron chi connectivity index (χ4n) is 5.21. The van der Waals surface area contributed by atoms with Crippen LogP contribution in [0.25, 0.3) is 0 Å². The summed E-state index contributed by atoms with van der Waals surface area (Å²) in [5.41, 5.74) is 2.79. The fraction of sp³-hybridized carbons (Fsp3) is 0.423. The van der Waals surface area contributed by atoms with Gasteiger partial charge in [0.2, 0.25) is 5.91 Å². The van der Waals surface area contributed by atoms with Crippen molar-refractivity contribution < 1.29 is 14.4 Å². The van der Waals surface area contributed by atoms with E-state index in [1.165, 1.54) is 12.8 Å². The molecular formula is C26H29N3O3. The lowest BCUT2D eigenvalue weighted by atomic mass is 10.1. The Morgan fingerprint density at radius 3 is 2.47 bits per heavy atom. The summed E-state index contributed by atoms with van der Waals surface area (Å²) >= 11 is 0. The maximum absolute atomic E-state index is 13.5. The Labute approximate surface area is 188 Å². The lowest BCUT2D eigenvalue weighted by Gasteiger charge is -2.26. The standard InChI is InChI=1S/C26H29N3O3/c30-24(27-14-5-1-2-6-15-27)20-10-7-9-19(17-20)18-29-22-12-4-3-11-21(22)25(31)28-16-8-13-23(28)26(29)32/h3-4,7,9-12,17,23H,1-2,5-6,8,13-16,18H2/t23-/m1/s1. The molecule has 166 valence electrons. The molecule has 2 aromatic carbocycles. The number of nitrogens with zero attached hydrogens (tertiary/aromatic N) is 3. The Morgan fingerprint density at radius 1 is 0.875 bits per heavy atom. The molecule has 0 radical (unpaired) electrons. The molecule has 6 heteroatoms. The average Bonchev–Trinajstić information content (AvgIpc) is 3.13. The first-order valence-corrected chi connectivity index (χ1v) is 11.7. The third-order valence-corrected chi connectivity index (χ3v) is 6.90. The summed E-state index contributed by atoms with van der Waals surface area (Å²) in [7, 11) is 0. The van der Waals surface area contributed by atoms with E-state index in [-0.39, 0.29) is 17.7 Å². The summed E-state index contributed by atoms with van der Waals surface area (Å²) in [5, 5.41) is 0. The van der Waals surface area contributed by atoms with Crippen molar-refractivity contribution in [3.63, 3.8) is 0 Å². The highest BCUT2D eigenvalue weighted by atomic mass is 16.2. The number of hydrogen-bond donors (Lipinski definition) is 0. The van der Waals surface area contributed by atoms with Crippen molar-refractivity contribution in [3.05, 3.63) is 65.2 Å². The summed E-state index contributed by atoms with van der Waals surface area (Å²) in [4.78, 5) is 45.1. The van der Waals surface area contributed by atoms with Gasteiger partial charge in [0, 0.05) is 25.2 Å². The highest BCUT2D eigenvalue weighted by Gasteiger charge is 2.41. The van der Waals surface area contributed by atoms with Crippen LogP contribution in [0.2, 0.25) is 0 Å². The number of anilines is 1. The smallest absolute Gasteiger partial charge is 0.256 e. The van der Waals surface area contributed by atoms with Crippen molar-refractivity contribution in [2.75, 3.05) is 24.5 Å². The third kappa shape index (κ3) is 3.78. The van der Waals surface area contributed by atoms with Gasteiger partial charge in [-0.15, -0.1) is 0 Å². The highest BCUT2D eigenvalue weighted by molar-refractivity contribution is 6.11. The van der Waals surface area contributed by atoms with Gasteiger partial charge < -0.3 is 14.7 Å². The zero-order valence-corrected chi connectivity index (χ0v) is 18.3. The molecule has 2 aromatic rings. The van der Waals surface area contributed by atoms with E-state index in [2.05, 4.69) is 0 Å². The highest BCUT2D eigenvalue weighted by Crippen LogP contribution is 2.33. The maximum Gasteiger partial charge on any atom is 0.256 e. The van der Waals surface area contributed by atoms with Gasteiger partial charge in [0.25, 0.3) is 11.8 Å². The van der Waals surface area contributed by atoms with E-state index in [4.69, 9.17) is 0 Å². The van der Waals surface area contributed by atoms with E-state index in [0.717, 1.165) is 37.9 Å². The van der Waals surface area contributed by atoms with Gasteiger partial charge in [0.05, 0.1) is 17.8 Å². The molecule has 0 saturated carbocycles. The van der Waals surface area contributed by atoms with Crippen molar-refractivity contribution in [2.24, 2.45) is 0 Å². The molecule has 2 fully saturated rings. The molecule has 1 atom stereocenters. The molecule has 6 nitrogen and oxygen atoms in total. The van der Waals surface area contributed by atoms with Crippen LogP contribution < -0.4 is 4.90 Å². The Morgan fingerprint density at radius 2 is 1.66 bits per heavy atom. The largest absolute Gasteiger partial charge is 0.339 e. The normalized spacial score (nSPS) is 21.1. The minimum absolute atomic E-state index is 0.0370. The number of para-hydroxylation sites is 1. The number of hydrogen-bond acceptors (Lipinski definition) is 3. The number of rotatable bonds is 3. The number of carbonyl (C=O) groups is 3. The van der Waals surface area contributed by atoms with Crippen molar-refractivity contribution in [3.8, 4) is 0 Å².